The highest BCUT2D eigenvalue weighted by atomic mass is 32.1. The van der Waals surface area contributed by atoms with E-state index in [4.69, 9.17) is 4.98 Å². The van der Waals surface area contributed by atoms with E-state index < -0.39 is 0 Å². The summed E-state index contributed by atoms with van der Waals surface area (Å²) in [5, 5.41) is 17.1. The molecule has 0 spiro atoms. The highest BCUT2D eigenvalue weighted by Gasteiger charge is 2.13. The van der Waals surface area contributed by atoms with Crippen molar-refractivity contribution in [3.8, 4) is 11.3 Å². The second-order valence-corrected chi connectivity index (χ2v) is 7.17. The Hall–Kier alpha value is -3.14. The summed E-state index contributed by atoms with van der Waals surface area (Å²) in [5.74, 6) is 0. The van der Waals surface area contributed by atoms with Crippen molar-refractivity contribution in [2.45, 2.75) is 20.0 Å². The normalized spacial score (nSPS) is 11.8. The average Bonchev–Trinajstić information content (AvgIpc) is 3.38. The Balaban J connectivity index is 1.51. The molecule has 0 aliphatic heterocycles. The van der Waals surface area contributed by atoms with Crippen molar-refractivity contribution in [1.82, 2.24) is 44.5 Å². The monoisotopic (exact) mass is 365 g/mol. The van der Waals surface area contributed by atoms with Crippen molar-refractivity contribution in [3.05, 3.63) is 35.7 Å². The molecule has 0 bridgehead atoms. The highest BCUT2D eigenvalue weighted by molar-refractivity contribution is 7.19. The van der Waals surface area contributed by atoms with Crippen LogP contribution in [0.1, 0.15) is 11.8 Å². The van der Waals surface area contributed by atoms with Crippen LogP contribution in [0.15, 0.2) is 30.9 Å². The average molecular weight is 365 g/mol. The Morgan fingerprint density at radius 3 is 2.88 bits per heavy atom. The van der Waals surface area contributed by atoms with E-state index in [0.717, 1.165) is 28.2 Å². The van der Waals surface area contributed by atoms with Gasteiger partial charge in [0.25, 0.3) is 0 Å². The lowest BCUT2D eigenvalue weighted by molar-refractivity contribution is 0.664. The van der Waals surface area contributed by atoms with Gasteiger partial charge in [0.15, 0.2) is 5.65 Å². The molecule has 0 amide bonds. The van der Waals surface area contributed by atoms with Crippen LogP contribution in [0.25, 0.3) is 32.8 Å². The topological polar surface area (TPSA) is 92.1 Å². The lowest BCUT2D eigenvalue weighted by atomic mass is 10.3. The van der Waals surface area contributed by atoms with E-state index in [1.807, 2.05) is 17.9 Å². The van der Waals surface area contributed by atoms with Gasteiger partial charge in [-0.05, 0) is 13.0 Å². The van der Waals surface area contributed by atoms with Gasteiger partial charge in [-0.3, -0.25) is 9.36 Å². The first-order valence-corrected chi connectivity index (χ1v) is 9.02. The van der Waals surface area contributed by atoms with E-state index in [1.54, 1.807) is 33.1 Å². The van der Waals surface area contributed by atoms with Crippen molar-refractivity contribution < 1.29 is 0 Å². The van der Waals surface area contributed by atoms with Crippen molar-refractivity contribution in [2.75, 3.05) is 0 Å². The molecule has 130 valence electrons. The molecule has 0 fully saturated rings. The number of thiophene rings is 1. The van der Waals surface area contributed by atoms with Gasteiger partial charge in [0.2, 0.25) is 5.65 Å². The van der Waals surface area contributed by atoms with Crippen LogP contribution in [0.4, 0.5) is 0 Å². The van der Waals surface area contributed by atoms with Crippen LogP contribution in [0.3, 0.4) is 0 Å². The summed E-state index contributed by atoms with van der Waals surface area (Å²) >= 11 is 1.71. The minimum atomic E-state index is 0.537. The maximum atomic E-state index is 4.69. The van der Waals surface area contributed by atoms with Crippen LogP contribution in [0.2, 0.25) is 0 Å². The van der Waals surface area contributed by atoms with Gasteiger partial charge in [0, 0.05) is 36.4 Å². The highest BCUT2D eigenvalue weighted by Crippen LogP contribution is 2.26. The molecule has 9 nitrogen and oxygen atoms in total. The minimum Gasteiger partial charge on any atom is -0.275 e. The lowest BCUT2D eigenvalue weighted by Gasteiger charge is -2.00. The molecule has 0 aliphatic carbocycles. The molecule has 0 radical (unpaired) electrons. The summed E-state index contributed by atoms with van der Waals surface area (Å²) in [5.41, 5.74) is 3.88. The Morgan fingerprint density at radius 1 is 1.19 bits per heavy atom. The van der Waals surface area contributed by atoms with Gasteiger partial charge in [-0.1, -0.05) is 5.21 Å². The fraction of sp³-hybridized carbons (Fsp3) is 0.250. The van der Waals surface area contributed by atoms with Crippen LogP contribution in [-0.4, -0.2) is 44.5 Å². The zero-order chi connectivity index (χ0) is 17.7. The molecule has 5 aromatic heterocycles. The Kier molecular flexibility index (Phi) is 3.32. The van der Waals surface area contributed by atoms with Crippen LogP contribution < -0.4 is 0 Å². The van der Waals surface area contributed by atoms with Crippen LogP contribution in [-0.2, 0) is 20.1 Å². The number of hydrogen-bond donors (Lipinski definition) is 0. The Bertz CT molecular complexity index is 1190. The summed E-state index contributed by atoms with van der Waals surface area (Å²) in [6, 6.07) is 2.10. The van der Waals surface area contributed by atoms with E-state index in [9.17, 15) is 0 Å². The molecule has 0 aliphatic rings. The third-order valence-corrected chi connectivity index (χ3v) is 5.19. The quantitative estimate of drug-likeness (QED) is 0.484. The zero-order valence-electron chi connectivity index (χ0n) is 14.2. The second-order valence-electron chi connectivity index (χ2n) is 6.00. The summed E-state index contributed by atoms with van der Waals surface area (Å²) in [6.45, 7) is 3.55. The summed E-state index contributed by atoms with van der Waals surface area (Å²) in [6.07, 6.45) is 7.45. The van der Waals surface area contributed by atoms with Crippen LogP contribution >= 0.6 is 11.3 Å². The predicted octanol–water partition coefficient (Wildman–Crippen LogP) is 2.10. The molecular weight excluding hydrogens is 350 g/mol. The van der Waals surface area contributed by atoms with Gasteiger partial charge < -0.3 is 0 Å². The van der Waals surface area contributed by atoms with E-state index in [-0.39, 0.29) is 0 Å². The van der Waals surface area contributed by atoms with Gasteiger partial charge in [0.05, 0.1) is 29.3 Å². The first kappa shape index (κ1) is 15.1. The molecule has 5 aromatic rings. The summed E-state index contributed by atoms with van der Waals surface area (Å²) < 4.78 is 6.64. The van der Waals surface area contributed by atoms with Crippen molar-refractivity contribution >= 4 is 32.8 Å². The van der Waals surface area contributed by atoms with Gasteiger partial charge in [-0.2, -0.15) is 10.2 Å². The van der Waals surface area contributed by atoms with E-state index in [2.05, 4.69) is 44.7 Å². The van der Waals surface area contributed by atoms with E-state index >= 15 is 0 Å². The van der Waals surface area contributed by atoms with Gasteiger partial charge in [-0.15, -0.1) is 16.4 Å². The summed E-state index contributed by atoms with van der Waals surface area (Å²) in [7, 11) is 1.87. The maximum absolute atomic E-state index is 4.69. The number of aryl methyl sites for hydroxylation is 2. The standard InChI is InChI=1S/C16H15N9S/c1-3-24-9-14-12(21-24)4-11(26-14)8-25-16-15(20-22-25)17-6-13(19-16)10-5-18-23(2)7-10/h4-7,9H,3,8H2,1-2H3. The minimum absolute atomic E-state index is 0.537. The molecule has 0 aromatic carbocycles. The Labute approximate surface area is 151 Å². The molecule has 0 saturated carbocycles. The molecule has 5 heterocycles. The molecule has 0 saturated heterocycles. The van der Waals surface area contributed by atoms with E-state index in [1.165, 1.54) is 4.70 Å². The molecule has 26 heavy (non-hydrogen) atoms. The number of nitrogens with zero attached hydrogens (tertiary/aromatic N) is 9. The van der Waals surface area contributed by atoms with Gasteiger partial charge in [0.1, 0.15) is 5.52 Å². The van der Waals surface area contributed by atoms with Crippen molar-refractivity contribution in [1.29, 1.82) is 0 Å². The third-order valence-electron chi connectivity index (χ3n) is 4.15. The number of hydrogen-bond acceptors (Lipinski definition) is 7. The predicted molar refractivity (Wildman–Crippen MR) is 97.7 cm³/mol. The summed E-state index contributed by atoms with van der Waals surface area (Å²) in [4.78, 5) is 10.2. The largest absolute Gasteiger partial charge is 0.275 e. The third kappa shape index (κ3) is 2.46. The fourth-order valence-corrected chi connectivity index (χ4v) is 3.88. The molecule has 10 heteroatoms. The van der Waals surface area contributed by atoms with Crippen molar-refractivity contribution in [2.24, 2.45) is 7.05 Å². The fourth-order valence-electron chi connectivity index (χ4n) is 2.86. The molecule has 0 unspecified atom stereocenters. The molecule has 0 atom stereocenters. The van der Waals surface area contributed by atoms with Crippen molar-refractivity contribution in [3.63, 3.8) is 0 Å². The second kappa shape index (κ2) is 5.70. The van der Waals surface area contributed by atoms with Gasteiger partial charge in [-0.25, -0.2) is 14.6 Å². The lowest BCUT2D eigenvalue weighted by Crippen LogP contribution is -2.02. The number of fused-ring (bicyclic) bond motifs is 2. The maximum Gasteiger partial charge on any atom is 0.221 e. The van der Waals surface area contributed by atoms with E-state index in [0.29, 0.717) is 17.8 Å². The Morgan fingerprint density at radius 2 is 2.12 bits per heavy atom. The van der Waals surface area contributed by atoms with Crippen LogP contribution in [0, 0.1) is 0 Å². The van der Waals surface area contributed by atoms with Gasteiger partial charge >= 0.3 is 0 Å². The first-order chi connectivity index (χ1) is 12.7. The van der Waals surface area contributed by atoms with Crippen LogP contribution in [0.5, 0.6) is 0 Å². The molecule has 0 N–H and O–H groups in total. The number of aromatic nitrogens is 9. The molecular formula is C16H15N9S. The smallest absolute Gasteiger partial charge is 0.221 e. The zero-order valence-corrected chi connectivity index (χ0v) is 15.1. The number of rotatable bonds is 4. The molecule has 5 rings (SSSR count). The SMILES string of the molecule is CCn1cc2sc(Cn3nnc4ncc(-c5cnn(C)c5)nc43)cc2n1. The first-order valence-electron chi connectivity index (χ1n) is 8.21.